The van der Waals surface area contributed by atoms with Gasteiger partial charge in [0.1, 0.15) is 11.3 Å². The molecule has 5 heteroatoms. The third-order valence-electron chi connectivity index (χ3n) is 3.09. The highest BCUT2D eigenvalue weighted by molar-refractivity contribution is 6.11. The minimum absolute atomic E-state index is 0.233. The highest BCUT2D eigenvalue weighted by Crippen LogP contribution is 2.35. The minimum atomic E-state index is -0.233. The highest BCUT2D eigenvalue weighted by Gasteiger charge is 2.23. The number of nitrogens with one attached hydrogen (secondary N) is 1. The summed E-state index contributed by atoms with van der Waals surface area (Å²) in [6, 6.07) is 8.83. The van der Waals surface area contributed by atoms with Crippen LogP contribution >= 0.6 is 0 Å². The Kier molecular flexibility index (Phi) is 2.95. The van der Waals surface area contributed by atoms with Crippen LogP contribution < -0.4 is 10.1 Å². The van der Waals surface area contributed by atoms with E-state index in [1.807, 2.05) is 0 Å². The Hall–Kier alpha value is -2.69. The predicted octanol–water partition coefficient (Wildman–Crippen LogP) is 3.06. The van der Waals surface area contributed by atoms with Gasteiger partial charge >= 0.3 is 0 Å². The third-order valence-corrected chi connectivity index (χ3v) is 3.09. The first-order valence-electron chi connectivity index (χ1n) is 6.11. The number of hydrogen-bond acceptors (Lipinski definition) is 4. The maximum Gasteiger partial charge on any atom is 0.255 e. The SMILES string of the molecule is CNC(=O)c1c(-c2ccco2)oc2ccc(OC)cc12. The predicted molar refractivity (Wildman–Crippen MR) is 73.9 cm³/mol. The van der Waals surface area contributed by atoms with Crippen molar-refractivity contribution in [2.24, 2.45) is 0 Å². The fourth-order valence-corrected chi connectivity index (χ4v) is 2.14. The normalized spacial score (nSPS) is 10.7. The molecule has 5 nitrogen and oxygen atoms in total. The van der Waals surface area contributed by atoms with E-state index in [9.17, 15) is 4.79 Å². The number of hydrogen-bond donors (Lipinski definition) is 1. The first kappa shape index (κ1) is 12.3. The Bertz CT molecular complexity index is 756. The number of benzene rings is 1. The first-order chi connectivity index (χ1) is 9.74. The molecule has 3 rings (SSSR count). The molecule has 0 fully saturated rings. The van der Waals surface area contributed by atoms with Crippen LogP contribution in [0, 0.1) is 0 Å². The van der Waals surface area contributed by atoms with Crippen molar-refractivity contribution in [3.8, 4) is 17.3 Å². The van der Waals surface area contributed by atoms with Gasteiger partial charge in [-0.2, -0.15) is 0 Å². The van der Waals surface area contributed by atoms with Gasteiger partial charge in [-0.25, -0.2) is 0 Å². The summed E-state index contributed by atoms with van der Waals surface area (Å²) < 4.78 is 16.3. The Morgan fingerprint density at radius 1 is 1.30 bits per heavy atom. The lowest BCUT2D eigenvalue weighted by Gasteiger charge is -2.01. The van der Waals surface area contributed by atoms with Gasteiger partial charge in [-0.15, -0.1) is 0 Å². The molecule has 20 heavy (non-hydrogen) atoms. The van der Waals surface area contributed by atoms with Gasteiger partial charge in [0.05, 0.1) is 18.9 Å². The van der Waals surface area contributed by atoms with Gasteiger partial charge in [0.15, 0.2) is 11.5 Å². The fourth-order valence-electron chi connectivity index (χ4n) is 2.14. The van der Waals surface area contributed by atoms with E-state index in [-0.39, 0.29) is 5.91 Å². The average molecular weight is 271 g/mol. The molecular weight excluding hydrogens is 258 g/mol. The second-order valence-electron chi connectivity index (χ2n) is 4.22. The quantitative estimate of drug-likeness (QED) is 0.795. The second kappa shape index (κ2) is 4.77. The van der Waals surface area contributed by atoms with Crippen molar-refractivity contribution in [3.63, 3.8) is 0 Å². The van der Waals surface area contributed by atoms with Crippen LogP contribution in [0.5, 0.6) is 5.75 Å². The van der Waals surface area contributed by atoms with E-state index in [0.717, 1.165) is 0 Å². The van der Waals surface area contributed by atoms with Gasteiger partial charge in [0.25, 0.3) is 5.91 Å². The standard InChI is InChI=1S/C15H13NO4/c1-16-15(17)13-10-8-9(18-2)5-6-11(10)20-14(13)12-4-3-7-19-12/h3-8H,1-2H3,(H,16,17). The molecule has 0 aliphatic heterocycles. The zero-order valence-corrected chi connectivity index (χ0v) is 11.1. The van der Waals surface area contributed by atoms with Gasteiger partial charge in [0.2, 0.25) is 0 Å². The molecule has 102 valence electrons. The van der Waals surface area contributed by atoms with E-state index < -0.39 is 0 Å². The summed E-state index contributed by atoms with van der Waals surface area (Å²) in [5.74, 6) is 1.36. The van der Waals surface area contributed by atoms with Crippen molar-refractivity contribution in [1.82, 2.24) is 5.32 Å². The van der Waals surface area contributed by atoms with Crippen LogP contribution in [0.4, 0.5) is 0 Å². The summed E-state index contributed by atoms with van der Waals surface area (Å²) in [6.45, 7) is 0. The van der Waals surface area contributed by atoms with E-state index in [1.165, 1.54) is 6.26 Å². The van der Waals surface area contributed by atoms with Gasteiger partial charge in [0, 0.05) is 12.4 Å². The Morgan fingerprint density at radius 2 is 2.15 bits per heavy atom. The molecule has 0 unspecified atom stereocenters. The van der Waals surface area contributed by atoms with Gasteiger partial charge in [-0.1, -0.05) is 0 Å². The molecule has 1 amide bonds. The summed E-state index contributed by atoms with van der Waals surface area (Å²) >= 11 is 0. The van der Waals surface area contributed by atoms with Crippen molar-refractivity contribution in [1.29, 1.82) is 0 Å². The molecule has 0 spiro atoms. The molecule has 1 N–H and O–H groups in total. The number of methoxy groups -OCH3 is 1. The maximum atomic E-state index is 12.2. The molecule has 1 aromatic carbocycles. The van der Waals surface area contributed by atoms with Crippen LogP contribution in [-0.4, -0.2) is 20.1 Å². The molecule has 0 saturated carbocycles. The third kappa shape index (κ3) is 1.84. The van der Waals surface area contributed by atoms with E-state index in [4.69, 9.17) is 13.6 Å². The number of carbonyl (C=O) groups is 1. The molecule has 0 aliphatic rings. The van der Waals surface area contributed by atoms with Crippen molar-refractivity contribution >= 4 is 16.9 Å². The zero-order chi connectivity index (χ0) is 14.1. The largest absolute Gasteiger partial charge is 0.497 e. The number of fused-ring (bicyclic) bond motifs is 1. The van der Waals surface area contributed by atoms with Crippen LogP contribution in [0.1, 0.15) is 10.4 Å². The van der Waals surface area contributed by atoms with Crippen LogP contribution in [0.25, 0.3) is 22.5 Å². The van der Waals surface area contributed by atoms with E-state index >= 15 is 0 Å². The van der Waals surface area contributed by atoms with E-state index in [0.29, 0.717) is 33.8 Å². The molecule has 3 aromatic rings. The lowest BCUT2D eigenvalue weighted by Crippen LogP contribution is -2.18. The van der Waals surface area contributed by atoms with Crippen LogP contribution in [0.3, 0.4) is 0 Å². The topological polar surface area (TPSA) is 64.6 Å². The van der Waals surface area contributed by atoms with E-state index in [2.05, 4.69) is 5.32 Å². The number of rotatable bonds is 3. The van der Waals surface area contributed by atoms with Gasteiger partial charge in [-0.3, -0.25) is 4.79 Å². The maximum absolute atomic E-state index is 12.2. The van der Waals surface area contributed by atoms with Crippen molar-refractivity contribution in [3.05, 3.63) is 42.2 Å². The molecule has 0 aliphatic carbocycles. The Labute approximate surface area is 115 Å². The summed E-state index contributed by atoms with van der Waals surface area (Å²) in [4.78, 5) is 12.2. The Morgan fingerprint density at radius 3 is 2.80 bits per heavy atom. The monoisotopic (exact) mass is 271 g/mol. The second-order valence-corrected chi connectivity index (χ2v) is 4.22. The van der Waals surface area contributed by atoms with Crippen molar-refractivity contribution in [2.45, 2.75) is 0 Å². The highest BCUT2D eigenvalue weighted by atomic mass is 16.5. The van der Waals surface area contributed by atoms with Crippen LogP contribution in [0.15, 0.2) is 45.4 Å². The average Bonchev–Trinajstić information content (AvgIpc) is 3.12. The zero-order valence-electron chi connectivity index (χ0n) is 11.1. The van der Waals surface area contributed by atoms with Crippen molar-refractivity contribution < 1.29 is 18.4 Å². The molecule has 0 atom stereocenters. The summed E-state index contributed by atoms with van der Waals surface area (Å²) in [6.07, 6.45) is 1.54. The molecule has 0 radical (unpaired) electrons. The number of furan rings is 2. The van der Waals surface area contributed by atoms with E-state index in [1.54, 1.807) is 44.5 Å². The lowest BCUT2D eigenvalue weighted by atomic mass is 10.1. The molecular formula is C15H13NO4. The number of ether oxygens (including phenoxy) is 1. The summed E-state index contributed by atoms with van der Waals surface area (Å²) in [5.41, 5.74) is 1.05. The fraction of sp³-hybridized carbons (Fsp3) is 0.133. The smallest absolute Gasteiger partial charge is 0.255 e. The molecule has 2 aromatic heterocycles. The summed E-state index contributed by atoms with van der Waals surface area (Å²) in [5, 5.41) is 3.31. The first-order valence-corrected chi connectivity index (χ1v) is 6.11. The number of amides is 1. The lowest BCUT2D eigenvalue weighted by molar-refractivity contribution is 0.0964. The van der Waals surface area contributed by atoms with Gasteiger partial charge in [-0.05, 0) is 30.3 Å². The molecule has 0 bridgehead atoms. The Balaban J connectivity index is 2.31. The molecule has 2 heterocycles. The number of carbonyl (C=O) groups excluding carboxylic acids is 1. The molecule has 0 saturated heterocycles. The van der Waals surface area contributed by atoms with Crippen LogP contribution in [0.2, 0.25) is 0 Å². The summed E-state index contributed by atoms with van der Waals surface area (Å²) in [7, 11) is 3.15. The van der Waals surface area contributed by atoms with Crippen molar-refractivity contribution in [2.75, 3.05) is 14.2 Å². The van der Waals surface area contributed by atoms with Crippen LogP contribution in [-0.2, 0) is 0 Å². The minimum Gasteiger partial charge on any atom is -0.497 e. The van der Waals surface area contributed by atoms with Gasteiger partial charge < -0.3 is 18.9 Å².